The van der Waals surface area contributed by atoms with E-state index >= 15 is 0 Å². The molecule has 0 N–H and O–H groups in total. The van der Waals surface area contributed by atoms with E-state index in [1.165, 1.54) is 5.57 Å². The van der Waals surface area contributed by atoms with Crippen molar-refractivity contribution in [1.82, 2.24) is 0 Å². The summed E-state index contributed by atoms with van der Waals surface area (Å²) in [5, 5.41) is 0. The average Bonchev–Trinajstić information content (AvgIpc) is 3.20. The fourth-order valence-electron chi connectivity index (χ4n) is 4.82. The van der Waals surface area contributed by atoms with Gasteiger partial charge in [-0.05, 0) is 43.0 Å². The molecule has 1 aromatic heterocycles. The minimum atomic E-state index is -0.277. The van der Waals surface area contributed by atoms with Crippen LogP contribution in [0.25, 0.3) is 0 Å². The Balaban J connectivity index is 1.58. The zero-order valence-electron chi connectivity index (χ0n) is 16.1. The second-order valence-corrected chi connectivity index (χ2v) is 7.94. The van der Waals surface area contributed by atoms with E-state index in [1.807, 2.05) is 30.3 Å². The Morgan fingerprint density at radius 2 is 1.96 bits per heavy atom. The second kappa shape index (κ2) is 7.01. The van der Waals surface area contributed by atoms with Gasteiger partial charge in [-0.1, -0.05) is 43.7 Å². The van der Waals surface area contributed by atoms with E-state index in [0.29, 0.717) is 24.7 Å². The Labute approximate surface area is 160 Å². The number of fused-ring (bicyclic) bond motifs is 2. The minimum Gasteiger partial charge on any atom is -0.467 e. The minimum absolute atomic E-state index is 0.0864. The van der Waals surface area contributed by atoms with Crippen LogP contribution in [0, 0.1) is 23.2 Å². The lowest BCUT2D eigenvalue weighted by Crippen LogP contribution is -2.54. The number of hydrogen-bond donors (Lipinski definition) is 0. The first kappa shape index (κ1) is 18.1. The van der Waals surface area contributed by atoms with Gasteiger partial charge in [0.25, 0.3) is 0 Å². The summed E-state index contributed by atoms with van der Waals surface area (Å²) in [6.07, 6.45) is 3.92. The highest BCUT2D eigenvalue weighted by atomic mass is 16.5. The number of carbonyl (C=O) groups excluding carboxylic acids is 1. The third-order valence-corrected chi connectivity index (χ3v) is 6.55. The lowest BCUT2D eigenvalue weighted by atomic mass is 9.56. The summed E-state index contributed by atoms with van der Waals surface area (Å²) < 4.78 is 17.7. The van der Waals surface area contributed by atoms with Crippen LogP contribution < -0.4 is 0 Å². The molecule has 0 spiro atoms. The van der Waals surface area contributed by atoms with Gasteiger partial charge in [-0.3, -0.25) is 0 Å². The van der Waals surface area contributed by atoms with Crippen molar-refractivity contribution in [2.24, 2.45) is 23.2 Å². The number of ether oxygens (including phenoxy) is 2. The van der Waals surface area contributed by atoms with Crippen LogP contribution in [0.5, 0.6) is 0 Å². The fraction of sp³-hybridized carbons (Fsp3) is 0.435. The summed E-state index contributed by atoms with van der Waals surface area (Å²) in [5.41, 5.74) is 1.68. The van der Waals surface area contributed by atoms with Crippen LogP contribution in [-0.4, -0.2) is 19.2 Å². The summed E-state index contributed by atoms with van der Waals surface area (Å²) in [6.45, 7) is 7.52. The third kappa shape index (κ3) is 3.02. The maximum Gasteiger partial charge on any atom is 0.338 e. The van der Waals surface area contributed by atoms with Gasteiger partial charge in [0, 0.05) is 11.3 Å². The van der Waals surface area contributed by atoms with Gasteiger partial charge in [0.05, 0.1) is 18.4 Å². The first-order chi connectivity index (χ1) is 13.0. The van der Waals surface area contributed by atoms with E-state index in [9.17, 15) is 4.79 Å². The van der Waals surface area contributed by atoms with Crippen LogP contribution in [0.3, 0.4) is 0 Å². The van der Waals surface area contributed by atoms with E-state index in [4.69, 9.17) is 13.9 Å². The number of carbonyl (C=O) groups is 1. The molecule has 5 atom stereocenters. The number of hydrogen-bond acceptors (Lipinski definition) is 4. The zero-order valence-corrected chi connectivity index (χ0v) is 16.1. The highest BCUT2D eigenvalue weighted by Crippen LogP contribution is 2.56. The van der Waals surface area contributed by atoms with Crippen molar-refractivity contribution in [2.75, 3.05) is 13.2 Å². The van der Waals surface area contributed by atoms with Crippen molar-refractivity contribution in [3.8, 4) is 0 Å². The fourth-order valence-corrected chi connectivity index (χ4v) is 4.82. The third-order valence-electron chi connectivity index (χ3n) is 6.55. The van der Waals surface area contributed by atoms with Crippen molar-refractivity contribution in [2.45, 2.75) is 26.9 Å². The molecule has 1 aliphatic carbocycles. The molecule has 2 aromatic rings. The van der Waals surface area contributed by atoms with E-state index in [0.717, 1.165) is 5.76 Å². The van der Waals surface area contributed by atoms with E-state index in [-0.39, 0.29) is 29.3 Å². The molecule has 1 aliphatic heterocycles. The predicted molar refractivity (Wildman–Crippen MR) is 102 cm³/mol. The Hall–Kier alpha value is -2.33. The van der Waals surface area contributed by atoms with Gasteiger partial charge in [0.1, 0.15) is 18.5 Å². The first-order valence-corrected chi connectivity index (χ1v) is 9.58. The lowest BCUT2D eigenvalue weighted by molar-refractivity contribution is -0.170. The molecule has 1 saturated heterocycles. The molecular weight excluding hydrogens is 340 g/mol. The number of furan rings is 1. The molecule has 1 fully saturated rings. The monoisotopic (exact) mass is 366 g/mol. The number of esters is 1. The van der Waals surface area contributed by atoms with Crippen molar-refractivity contribution < 1.29 is 18.7 Å². The van der Waals surface area contributed by atoms with Crippen molar-refractivity contribution in [1.29, 1.82) is 0 Å². The van der Waals surface area contributed by atoms with Gasteiger partial charge in [-0.15, -0.1) is 0 Å². The van der Waals surface area contributed by atoms with Gasteiger partial charge in [0.15, 0.2) is 0 Å². The highest BCUT2D eigenvalue weighted by molar-refractivity contribution is 5.89. The number of rotatable bonds is 4. The molecule has 142 valence electrons. The molecule has 4 nitrogen and oxygen atoms in total. The summed E-state index contributed by atoms with van der Waals surface area (Å²) in [5.74, 6) is 1.38. The van der Waals surface area contributed by atoms with Crippen LogP contribution in [0.15, 0.2) is 64.8 Å². The summed E-state index contributed by atoms with van der Waals surface area (Å²) in [7, 11) is 0. The zero-order chi connectivity index (χ0) is 19.0. The molecule has 0 radical (unpaired) electrons. The Morgan fingerprint density at radius 1 is 1.19 bits per heavy atom. The van der Waals surface area contributed by atoms with Crippen LogP contribution in [0.4, 0.5) is 0 Å². The summed E-state index contributed by atoms with van der Waals surface area (Å²) in [4.78, 5) is 12.5. The molecule has 2 bridgehead atoms. The largest absolute Gasteiger partial charge is 0.467 e. The molecule has 4 rings (SSSR count). The normalized spacial score (nSPS) is 32.6. The maximum absolute atomic E-state index is 12.5. The van der Waals surface area contributed by atoms with Gasteiger partial charge in [0.2, 0.25) is 0 Å². The highest BCUT2D eigenvalue weighted by Gasteiger charge is 2.55. The lowest BCUT2D eigenvalue weighted by Gasteiger charge is -2.54. The quantitative estimate of drug-likeness (QED) is 0.562. The van der Waals surface area contributed by atoms with Gasteiger partial charge < -0.3 is 13.9 Å². The second-order valence-electron chi connectivity index (χ2n) is 7.94. The first-order valence-electron chi connectivity index (χ1n) is 9.58. The van der Waals surface area contributed by atoms with Crippen LogP contribution in [-0.2, 0) is 9.47 Å². The molecule has 1 aromatic carbocycles. The van der Waals surface area contributed by atoms with Crippen LogP contribution >= 0.6 is 0 Å². The Bertz CT molecular complexity index is 823. The van der Waals surface area contributed by atoms with E-state index < -0.39 is 0 Å². The maximum atomic E-state index is 12.5. The van der Waals surface area contributed by atoms with Gasteiger partial charge >= 0.3 is 5.97 Å². The van der Waals surface area contributed by atoms with Gasteiger partial charge in [-0.25, -0.2) is 4.79 Å². The average molecular weight is 366 g/mol. The van der Waals surface area contributed by atoms with E-state index in [1.54, 1.807) is 18.4 Å². The standard InChI is InChI=1S/C23H26O4/c1-15-12-16(2)23(14-27-22(24)18-8-5-4-6-9-18)13-26-21(20(15)17(23)3)19-10-7-11-25-19/h4-12,16-17,20-21H,13-14H2,1-3H3/t16-,17-,20+,21+,23-/m0/s1. The Kier molecular flexibility index (Phi) is 4.68. The van der Waals surface area contributed by atoms with Crippen molar-refractivity contribution >= 4 is 5.97 Å². The molecular formula is C23H26O4. The number of benzene rings is 1. The summed E-state index contributed by atoms with van der Waals surface area (Å²) >= 11 is 0. The van der Waals surface area contributed by atoms with Crippen LogP contribution in [0.1, 0.15) is 43.0 Å². The molecule has 27 heavy (non-hydrogen) atoms. The molecule has 0 saturated carbocycles. The molecule has 0 unspecified atom stereocenters. The molecule has 2 aliphatic rings. The smallest absolute Gasteiger partial charge is 0.338 e. The SMILES string of the molecule is CC1=C[C@H](C)[C@@]2(COC(=O)c3ccccc3)CO[C@H](c3ccco3)[C@H]1[C@@H]2C. The molecule has 2 heterocycles. The van der Waals surface area contributed by atoms with Crippen LogP contribution in [0.2, 0.25) is 0 Å². The molecule has 4 heteroatoms. The number of allylic oxidation sites excluding steroid dienone is 1. The topological polar surface area (TPSA) is 48.7 Å². The summed E-state index contributed by atoms with van der Waals surface area (Å²) in [6, 6.07) is 13.0. The molecule has 0 amide bonds. The predicted octanol–water partition coefficient (Wildman–Crippen LogP) is 5.04. The van der Waals surface area contributed by atoms with Crippen molar-refractivity contribution in [3.63, 3.8) is 0 Å². The Morgan fingerprint density at radius 3 is 2.67 bits per heavy atom. The van der Waals surface area contributed by atoms with Gasteiger partial charge in [-0.2, -0.15) is 0 Å². The van der Waals surface area contributed by atoms with E-state index in [2.05, 4.69) is 26.8 Å². The van der Waals surface area contributed by atoms with Crippen molar-refractivity contribution in [3.05, 3.63) is 71.7 Å².